The van der Waals surface area contributed by atoms with Gasteiger partial charge >= 0.3 is 5.97 Å². The second-order valence-corrected chi connectivity index (χ2v) is 6.02. The van der Waals surface area contributed by atoms with Gasteiger partial charge in [-0.1, -0.05) is 6.58 Å². The number of hydrogen-bond acceptors (Lipinski definition) is 7. The first kappa shape index (κ1) is 21.0. The van der Waals surface area contributed by atoms with Gasteiger partial charge in [0.2, 0.25) is 0 Å². The fourth-order valence-electron chi connectivity index (χ4n) is 2.15. The zero-order valence-electron chi connectivity index (χ0n) is 16.1. The van der Waals surface area contributed by atoms with Gasteiger partial charge in [0.15, 0.2) is 0 Å². The van der Waals surface area contributed by atoms with Crippen LogP contribution in [0.3, 0.4) is 0 Å². The van der Waals surface area contributed by atoms with Gasteiger partial charge in [-0.05, 0) is 56.2 Å². The number of carbonyl (C=O) groups is 1. The summed E-state index contributed by atoms with van der Waals surface area (Å²) in [5.41, 5.74) is 1.58. The van der Waals surface area contributed by atoms with Crippen molar-refractivity contribution in [2.75, 3.05) is 20.3 Å². The molecule has 0 atom stereocenters. The average Bonchev–Trinajstić information content (AvgIpc) is 2.70. The molecule has 0 aliphatic heterocycles. The number of azo groups is 1. The van der Waals surface area contributed by atoms with E-state index in [4.69, 9.17) is 14.2 Å². The SMILES string of the molecule is C=C(C)C(=O)OCCCCOc1ccc(N=Nc2ccc(O)cc2OC)cc1. The lowest BCUT2D eigenvalue weighted by atomic mass is 10.3. The normalized spacial score (nSPS) is 10.6. The van der Waals surface area contributed by atoms with Gasteiger partial charge in [-0.15, -0.1) is 5.11 Å². The van der Waals surface area contributed by atoms with Crippen molar-refractivity contribution in [2.45, 2.75) is 19.8 Å². The third-order valence-corrected chi connectivity index (χ3v) is 3.66. The van der Waals surface area contributed by atoms with Crippen LogP contribution < -0.4 is 9.47 Å². The topological polar surface area (TPSA) is 89.7 Å². The molecule has 0 bridgehead atoms. The Balaban J connectivity index is 1.77. The van der Waals surface area contributed by atoms with Crippen LogP contribution in [0.15, 0.2) is 64.8 Å². The monoisotopic (exact) mass is 384 g/mol. The van der Waals surface area contributed by atoms with Crippen molar-refractivity contribution in [3.8, 4) is 17.2 Å². The van der Waals surface area contributed by atoms with E-state index in [9.17, 15) is 9.90 Å². The van der Waals surface area contributed by atoms with Gasteiger partial charge in [0.25, 0.3) is 0 Å². The minimum atomic E-state index is -0.365. The Morgan fingerprint density at radius 1 is 1.07 bits per heavy atom. The minimum Gasteiger partial charge on any atom is -0.508 e. The number of ether oxygens (including phenoxy) is 3. The van der Waals surface area contributed by atoms with Crippen LogP contribution in [0, 0.1) is 0 Å². The molecule has 7 nitrogen and oxygen atoms in total. The highest BCUT2D eigenvalue weighted by Crippen LogP contribution is 2.32. The van der Waals surface area contributed by atoms with Crippen LogP contribution in [-0.4, -0.2) is 31.4 Å². The van der Waals surface area contributed by atoms with Crippen molar-refractivity contribution in [1.82, 2.24) is 0 Å². The molecule has 0 heterocycles. The smallest absolute Gasteiger partial charge is 0.333 e. The standard InChI is InChI=1S/C21H24N2O5/c1-15(2)21(25)28-13-5-4-12-27-18-9-6-16(7-10-18)22-23-19-11-8-17(24)14-20(19)26-3/h6-11,14,24H,1,4-5,12-13H2,2-3H3. The maximum absolute atomic E-state index is 11.2. The third kappa shape index (κ3) is 6.75. The van der Waals surface area contributed by atoms with Crippen molar-refractivity contribution in [3.63, 3.8) is 0 Å². The summed E-state index contributed by atoms with van der Waals surface area (Å²) in [5, 5.41) is 17.8. The van der Waals surface area contributed by atoms with Crippen LogP contribution in [0.5, 0.6) is 17.2 Å². The Labute approximate surface area is 164 Å². The molecule has 0 aliphatic rings. The lowest BCUT2D eigenvalue weighted by Gasteiger charge is -2.07. The molecule has 2 aromatic carbocycles. The van der Waals surface area contributed by atoms with Gasteiger partial charge in [-0.2, -0.15) is 5.11 Å². The predicted octanol–water partition coefficient (Wildman–Crippen LogP) is 5.09. The number of aromatic hydroxyl groups is 1. The summed E-state index contributed by atoms with van der Waals surface area (Å²) in [4.78, 5) is 11.2. The molecule has 2 rings (SSSR count). The van der Waals surface area contributed by atoms with E-state index >= 15 is 0 Å². The Bertz CT molecular complexity index is 831. The number of methoxy groups -OCH3 is 1. The van der Waals surface area contributed by atoms with E-state index in [0.29, 0.717) is 35.9 Å². The molecule has 0 saturated heterocycles. The number of phenolic OH excluding ortho intramolecular Hbond substituents is 1. The summed E-state index contributed by atoms with van der Waals surface area (Å²) in [5.74, 6) is 0.902. The zero-order chi connectivity index (χ0) is 20.4. The molecule has 0 saturated carbocycles. The Morgan fingerprint density at radius 3 is 2.46 bits per heavy atom. The van der Waals surface area contributed by atoms with Crippen LogP contribution in [-0.2, 0) is 9.53 Å². The lowest BCUT2D eigenvalue weighted by Crippen LogP contribution is -2.07. The Hall–Kier alpha value is -3.35. The zero-order valence-corrected chi connectivity index (χ0v) is 16.1. The third-order valence-electron chi connectivity index (χ3n) is 3.66. The summed E-state index contributed by atoms with van der Waals surface area (Å²) >= 11 is 0. The summed E-state index contributed by atoms with van der Waals surface area (Å²) < 4.78 is 15.8. The quantitative estimate of drug-likeness (QED) is 0.267. The molecule has 0 spiro atoms. The molecule has 0 amide bonds. The van der Waals surface area contributed by atoms with E-state index in [0.717, 1.165) is 18.6 Å². The Morgan fingerprint density at radius 2 is 1.79 bits per heavy atom. The molecule has 0 aromatic heterocycles. The molecular formula is C21H24N2O5. The summed E-state index contributed by atoms with van der Waals surface area (Å²) in [7, 11) is 1.50. The first-order chi connectivity index (χ1) is 13.5. The van der Waals surface area contributed by atoms with E-state index in [1.165, 1.54) is 19.2 Å². The van der Waals surface area contributed by atoms with E-state index in [2.05, 4.69) is 16.8 Å². The highest BCUT2D eigenvalue weighted by molar-refractivity contribution is 5.86. The molecular weight excluding hydrogens is 360 g/mol. The second-order valence-electron chi connectivity index (χ2n) is 6.02. The number of nitrogens with zero attached hydrogens (tertiary/aromatic N) is 2. The molecule has 0 fully saturated rings. The van der Waals surface area contributed by atoms with Crippen LogP contribution in [0.2, 0.25) is 0 Å². The van der Waals surface area contributed by atoms with E-state index in [-0.39, 0.29) is 11.7 Å². The molecule has 1 N–H and O–H groups in total. The maximum atomic E-state index is 11.2. The highest BCUT2D eigenvalue weighted by atomic mass is 16.5. The molecule has 0 radical (unpaired) electrons. The fraction of sp³-hybridized carbons (Fsp3) is 0.286. The average molecular weight is 384 g/mol. The van der Waals surface area contributed by atoms with Gasteiger partial charge in [0.1, 0.15) is 22.9 Å². The number of phenols is 1. The summed E-state index contributed by atoms with van der Waals surface area (Å²) in [6.45, 7) is 6.03. The maximum Gasteiger partial charge on any atom is 0.333 e. The van der Waals surface area contributed by atoms with E-state index < -0.39 is 0 Å². The molecule has 148 valence electrons. The van der Waals surface area contributed by atoms with Crippen LogP contribution in [0.4, 0.5) is 11.4 Å². The van der Waals surface area contributed by atoms with Crippen molar-refractivity contribution in [2.24, 2.45) is 10.2 Å². The molecule has 7 heteroatoms. The number of unbranched alkanes of at least 4 members (excludes halogenated alkanes) is 1. The van der Waals surface area contributed by atoms with Gasteiger partial charge in [0, 0.05) is 11.6 Å². The number of carbonyl (C=O) groups excluding carboxylic acids is 1. The van der Waals surface area contributed by atoms with Gasteiger partial charge in [-0.25, -0.2) is 4.79 Å². The van der Waals surface area contributed by atoms with Crippen molar-refractivity contribution in [1.29, 1.82) is 0 Å². The van der Waals surface area contributed by atoms with Crippen LogP contribution in [0.25, 0.3) is 0 Å². The van der Waals surface area contributed by atoms with Crippen molar-refractivity contribution in [3.05, 3.63) is 54.6 Å². The van der Waals surface area contributed by atoms with Gasteiger partial charge in [0.05, 0.1) is 26.0 Å². The number of hydrogen-bond donors (Lipinski definition) is 1. The Kier molecular flexibility index (Phi) is 8.02. The van der Waals surface area contributed by atoms with Gasteiger partial charge in [-0.3, -0.25) is 0 Å². The lowest BCUT2D eigenvalue weighted by molar-refractivity contribution is -0.139. The second kappa shape index (κ2) is 10.7. The molecule has 28 heavy (non-hydrogen) atoms. The van der Waals surface area contributed by atoms with Crippen LogP contribution >= 0.6 is 0 Å². The predicted molar refractivity (Wildman–Crippen MR) is 106 cm³/mol. The molecule has 0 aliphatic carbocycles. The highest BCUT2D eigenvalue weighted by Gasteiger charge is 2.04. The minimum absolute atomic E-state index is 0.103. The van der Waals surface area contributed by atoms with Crippen molar-refractivity contribution >= 4 is 17.3 Å². The largest absolute Gasteiger partial charge is 0.508 e. The first-order valence-electron chi connectivity index (χ1n) is 8.84. The first-order valence-corrected chi connectivity index (χ1v) is 8.84. The van der Waals surface area contributed by atoms with Gasteiger partial charge < -0.3 is 19.3 Å². The number of esters is 1. The number of rotatable bonds is 10. The summed E-state index contributed by atoms with van der Waals surface area (Å²) in [6, 6.07) is 11.8. The molecule has 2 aromatic rings. The summed E-state index contributed by atoms with van der Waals surface area (Å²) in [6.07, 6.45) is 1.49. The number of benzene rings is 2. The van der Waals surface area contributed by atoms with E-state index in [1.54, 1.807) is 25.1 Å². The van der Waals surface area contributed by atoms with E-state index in [1.807, 2.05) is 12.1 Å². The molecule has 0 unspecified atom stereocenters. The van der Waals surface area contributed by atoms with Crippen molar-refractivity contribution < 1.29 is 24.1 Å². The fourth-order valence-corrected chi connectivity index (χ4v) is 2.15. The van der Waals surface area contributed by atoms with Crippen LogP contribution in [0.1, 0.15) is 19.8 Å².